The van der Waals surface area contributed by atoms with Gasteiger partial charge >= 0.3 is 22.8 Å². The maximum absolute atomic E-state index is 12.4. The fourth-order valence-electron chi connectivity index (χ4n) is 2.37. The molecule has 1 heterocycles. The van der Waals surface area contributed by atoms with E-state index in [1.165, 1.54) is 6.92 Å². The van der Waals surface area contributed by atoms with Gasteiger partial charge in [0.2, 0.25) is 0 Å². The Hall–Kier alpha value is -3.60. The molecule has 0 aliphatic rings. The third-order valence-electron chi connectivity index (χ3n) is 3.64. The molecular weight excluding hydrogens is 362 g/mol. The highest BCUT2D eigenvalue weighted by Gasteiger charge is 2.32. The number of hydrogen-bond acceptors (Lipinski definition) is 8. The van der Waals surface area contributed by atoms with Gasteiger partial charge in [-0.15, -0.1) is 0 Å². The van der Waals surface area contributed by atoms with Crippen molar-refractivity contribution in [2.75, 3.05) is 0 Å². The van der Waals surface area contributed by atoms with Crippen molar-refractivity contribution in [3.63, 3.8) is 0 Å². The Bertz CT molecular complexity index is 885. The summed E-state index contributed by atoms with van der Waals surface area (Å²) in [5, 5.41) is 31.9. The fraction of sp³-hybridized carbons (Fsp3) is 0.250. The maximum atomic E-state index is 12.4. The minimum atomic E-state index is -1.52. The van der Waals surface area contributed by atoms with Gasteiger partial charge in [0.25, 0.3) is 0 Å². The van der Waals surface area contributed by atoms with Crippen LogP contribution in [0, 0.1) is 20.2 Å². The number of pyridine rings is 1. The van der Waals surface area contributed by atoms with Gasteiger partial charge in [-0.25, -0.2) is 4.79 Å². The predicted molar refractivity (Wildman–Crippen MR) is 91.0 cm³/mol. The highest BCUT2D eigenvalue weighted by Crippen LogP contribution is 2.20. The smallest absolute Gasteiger partial charge is 0.339 e. The second kappa shape index (κ2) is 8.19. The summed E-state index contributed by atoms with van der Waals surface area (Å²) in [7, 11) is 0. The summed E-state index contributed by atoms with van der Waals surface area (Å²) in [6, 6.07) is 7.09. The summed E-state index contributed by atoms with van der Waals surface area (Å²) in [6.07, 6.45) is -0.0810. The Balaban J connectivity index is 2.40. The van der Waals surface area contributed by atoms with Crippen LogP contribution in [-0.4, -0.2) is 31.6 Å². The van der Waals surface area contributed by atoms with Gasteiger partial charge in [-0.1, -0.05) is 30.3 Å². The van der Waals surface area contributed by atoms with Crippen molar-refractivity contribution >= 4 is 17.3 Å². The number of carbonyl (C=O) groups is 1. The van der Waals surface area contributed by atoms with Crippen LogP contribution in [0.4, 0.5) is 11.4 Å². The molecule has 0 aliphatic carbocycles. The average molecular weight is 377 g/mol. The molecule has 2 atom stereocenters. The first-order valence-corrected chi connectivity index (χ1v) is 7.65. The molecule has 1 aromatic heterocycles. The molecule has 0 amide bonds. The zero-order valence-electron chi connectivity index (χ0n) is 14.0. The van der Waals surface area contributed by atoms with Crippen molar-refractivity contribution in [2.45, 2.75) is 25.7 Å². The minimum absolute atomic E-state index is 0.132. The SMILES string of the molecule is C[C@@H](O)[C@@H](C(=O)OCc1ccccc1)n1cc([N+](=O)[O-])c(=O)c([N+](=O)[O-])c1. The summed E-state index contributed by atoms with van der Waals surface area (Å²) in [4.78, 5) is 44.0. The van der Waals surface area contributed by atoms with Gasteiger partial charge < -0.3 is 14.4 Å². The molecule has 11 nitrogen and oxygen atoms in total. The van der Waals surface area contributed by atoms with E-state index in [0.717, 1.165) is 4.57 Å². The number of nitro groups is 2. The second-order valence-electron chi connectivity index (χ2n) is 5.60. The monoisotopic (exact) mass is 377 g/mol. The Kier molecular flexibility index (Phi) is 5.98. The molecule has 142 valence electrons. The van der Waals surface area contributed by atoms with Crippen molar-refractivity contribution in [1.29, 1.82) is 0 Å². The van der Waals surface area contributed by atoms with Crippen LogP contribution in [0.3, 0.4) is 0 Å². The lowest BCUT2D eigenvalue weighted by atomic mass is 10.1. The van der Waals surface area contributed by atoms with Crippen LogP contribution in [0.15, 0.2) is 47.5 Å². The number of aliphatic hydroxyl groups is 1. The van der Waals surface area contributed by atoms with Gasteiger partial charge in [-0.3, -0.25) is 25.0 Å². The Labute approximate surface area is 151 Å². The van der Waals surface area contributed by atoms with Crippen molar-refractivity contribution < 1.29 is 24.5 Å². The summed E-state index contributed by atoms with van der Waals surface area (Å²) < 4.78 is 5.84. The summed E-state index contributed by atoms with van der Waals surface area (Å²) in [6.45, 7) is 1.08. The van der Waals surface area contributed by atoms with Crippen molar-refractivity contribution in [1.82, 2.24) is 4.57 Å². The molecule has 11 heteroatoms. The van der Waals surface area contributed by atoms with E-state index < -0.39 is 44.8 Å². The number of rotatable bonds is 7. The third kappa shape index (κ3) is 4.52. The first-order chi connectivity index (χ1) is 12.7. The largest absolute Gasteiger partial charge is 0.459 e. The molecular formula is C16H15N3O8. The van der Waals surface area contributed by atoms with Crippen LogP contribution in [0.5, 0.6) is 0 Å². The van der Waals surface area contributed by atoms with E-state index in [-0.39, 0.29) is 6.61 Å². The number of hydrogen-bond donors (Lipinski definition) is 1. The minimum Gasteiger partial charge on any atom is -0.459 e. The van der Waals surface area contributed by atoms with E-state index in [1.54, 1.807) is 30.3 Å². The van der Waals surface area contributed by atoms with Gasteiger partial charge in [0.1, 0.15) is 6.61 Å². The number of carbonyl (C=O) groups excluding carboxylic acids is 1. The molecule has 0 saturated carbocycles. The summed E-state index contributed by atoms with van der Waals surface area (Å²) in [5.41, 5.74) is -2.92. The van der Waals surface area contributed by atoms with E-state index in [4.69, 9.17) is 4.74 Å². The molecule has 0 unspecified atom stereocenters. The van der Waals surface area contributed by atoms with Gasteiger partial charge in [0.05, 0.1) is 28.3 Å². The Morgan fingerprint density at radius 1 is 1.15 bits per heavy atom. The lowest BCUT2D eigenvalue weighted by molar-refractivity contribution is -0.397. The lowest BCUT2D eigenvalue weighted by Crippen LogP contribution is -2.32. The van der Waals surface area contributed by atoms with Gasteiger partial charge in [0, 0.05) is 0 Å². The first-order valence-electron chi connectivity index (χ1n) is 7.65. The molecule has 0 saturated heterocycles. The van der Waals surface area contributed by atoms with E-state index in [2.05, 4.69) is 0 Å². The van der Waals surface area contributed by atoms with E-state index in [0.29, 0.717) is 18.0 Å². The van der Waals surface area contributed by atoms with Crippen LogP contribution in [0.25, 0.3) is 0 Å². The lowest BCUT2D eigenvalue weighted by Gasteiger charge is -2.21. The van der Waals surface area contributed by atoms with Crippen molar-refractivity contribution in [3.8, 4) is 0 Å². The van der Waals surface area contributed by atoms with E-state index in [1.807, 2.05) is 0 Å². The average Bonchev–Trinajstić information content (AvgIpc) is 2.61. The standard InChI is InChI=1S/C16H15N3O8/c1-10(20)14(16(22)27-9-11-5-3-2-4-6-11)17-7-12(18(23)24)15(21)13(8-17)19(25)26/h2-8,10,14,20H,9H2,1H3/t10-,14+/m1/s1. The molecule has 0 spiro atoms. The number of aromatic nitrogens is 1. The maximum Gasteiger partial charge on any atom is 0.339 e. The van der Waals surface area contributed by atoms with Crippen LogP contribution in [0.2, 0.25) is 0 Å². The Morgan fingerprint density at radius 2 is 1.67 bits per heavy atom. The Morgan fingerprint density at radius 3 is 2.11 bits per heavy atom. The molecule has 0 bridgehead atoms. The van der Waals surface area contributed by atoms with E-state index >= 15 is 0 Å². The molecule has 1 N–H and O–H groups in total. The van der Waals surface area contributed by atoms with Crippen LogP contribution >= 0.6 is 0 Å². The normalized spacial score (nSPS) is 12.8. The van der Waals surface area contributed by atoms with Gasteiger partial charge in [-0.2, -0.15) is 0 Å². The van der Waals surface area contributed by atoms with Gasteiger partial charge in [0.15, 0.2) is 6.04 Å². The predicted octanol–water partition coefficient (Wildman–Crippen LogP) is 1.33. The molecule has 2 aromatic rings. The summed E-state index contributed by atoms with van der Waals surface area (Å²) >= 11 is 0. The van der Waals surface area contributed by atoms with Gasteiger partial charge in [-0.05, 0) is 12.5 Å². The molecule has 1 aromatic carbocycles. The zero-order valence-corrected chi connectivity index (χ0v) is 14.0. The molecule has 0 radical (unpaired) electrons. The number of aliphatic hydroxyl groups excluding tert-OH is 1. The summed E-state index contributed by atoms with van der Waals surface area (Å²) in [5.74, 6) is -0.971. The number of nitrogens with zero attached hydrogens (tertiary/aromatic N) is 3. The van der Waals surface area contributed by atoms with Crippen LogP contribution in [0.1, 0.15) is 18.5 Å². The first kappa shape index (κ1) is 19.7. The van der Waals surface area contributed by atoms with Crippen molar-refractivity contribution in [3.05, 3.63) is 78.7 Å². The van der Waals surface area contributed by atoms with Crippen LogP contribution in [-0.2, 0) is 16.1 Å². The fourth-order valence-corrected chi connectivity index (χ4v) is 2.37. The number of ether oxygens (including phenoxy) is 1. The highest BCUT2D eigenvalue weighted by molar-refractivity contribution is 5.75. The number of esters is 1. The van der Waals surface area contributed by atoms with Crippen LogP contribution < -0.4 is 5.43 Å². The number of benzene rings is 1. The molecule has 2 rings (SSSR count). The van der Waals surface area contributed by atoms with E-state index in [9.17, 15) is 34.9 Å². The van der Waals surface area contributed by atoms with Crippen molar-refractivity contribution in [2.24, 2.45) is 0 Å². The zero-order chi connectivity index (χ0) is 20.1. The topological polar surface area (TPSA) is 155 Å². The third-order valence-corrected chi connectivity index (χ3v) is 3.64. The second-order valence-corrected chi connectivity index (χ2v) is 5.60. The molecule has 27 heavy (non-hydrogen) atoms. The quantitative estimate of drug-likeness (QED) is 0.430. The molecule has 0 fully saturated rings. The molecule has 0 aliphatic heterocycles. The highest BCUT2D eigenvalue weighted by atomic mass is 16.6.